The quantitative estimate of drug-likeness (QED) is 0.392. The Labute approximate surface area is 233 Å². The van der Waals surface area contributed by atoms with Crippen LogP contribution in [0.3, 0.4) is 0 Å². The van der Waals surface area contributed by atoms with Crippen LogP contribution >= 0.6 is 0 Å². The van der Waals surface area contributed by atoms with E-state index in [-0.39, 0.29) is 6.04 Å². The van der Waals surface area contributed by atoms with Crippen molar-refractivity contribution in [3.63, 3.8) is 0 Å². The van der Waals surface area contributed by atoms with Crippen molar-refractivity contribution < 1.29 is 4.74 Å². The van der Waals surface area contributed by atoms with Crippen molar-refractivity contribution in [2.75, 3.05) is 0 Å². The van der Waals surface area contributed by atoms with Crippen molar-refractivity contribution in [2.24, 2.45) is 9.98 Å². The maximum absolute atomic E-state index is 6.33. The SMILES string of the molecule is CC1C=c2ccccc2=c2ccc3c(c21)CCCC=3C1N=CC(OCc2ccccc2)=C2N=c3cc[c]cc3=C21. The lowest BCUT2D eigenvalue weighted by molar-refractivity contribution is 0.216. The lowest BCUT2D eigenvalue weighted by atomic mass is 9.79. The highest BCUT2D eigenvalue weighted by molar-refractivity contribution is 5.93. The van der Waals surface area contributed by atoms with Crippen LogP contribution in [0.5, 0.6) is 0 Å². The molecule has 8 rings (SSSR count). The summed E-state index contributed by atoms with van der Waals surface area (Å²) >= 11 is 0. The first-order chi connectivity index (χ1) is 19.8. The summed E-state index contributed by atoms with van der Waals surface area (Å²) in [5, 5.41) is 7.54. The zero-order valence-electron chi connectivity index (χ0n) is 22.5. The molecule has 2 heterocycles. The van der Waals surface area contributed by atoms with E-state index in [2.05, 4.69) is 73.7 Å². The molecule has 0 N–H and O–H groups in total. The summed E-state index contributed by atoms with van der Waals surface area (Å²) in [5.74, 6) is 1.13. The van der Waals surface area contributed by atoms with E-state index in [9.17, 15) is 0 Å². The maximum Gasteiger partial charge on any atom is 0.163 e. The van der Waals surface area contributed by atoms with E-state index >= 15 is 0 Å². The highest BCUT2D eigenvalue weighted by Crippen LogP contribution is 2.36. The second-order valence-corrected chi connectivity index (χ2v) is 11.1. The summed E-state index contributed by atoms with van der Waals surface area (Å²) in [7, 11) is 0. The number of dihydropyridines is 1. The summed E-state index contributed by atoms with van der Waals surface area (Å²) < 4.78 is 6.33. The van der Waals surface area contributed by atoms with Crippen LogP contribution in [-0.4, -0.2) is 12.3 Å². The molecular formula is C37H29N2O. The predicted molar refractivity (Wildman–Crippen MR) is 159 cm³/mol. The Kier molecular flexibility index (Phi) is 5.44. The Morgan fingerprint density at radius 1 is 0.875 bits per heavy atom. The zero-order valence-corrected chi connectivity index (χ0v) is 22.5. The van der Waals surface area contributed by atoms with Crippen LogP contribution in [0, 0.1) is 16.5 Å². The Morgan fingerprint density at radius 3 is 2.65 bits per heavy atom. The van der Waals surface area contributed by atoms with Gasteiger partial charge in [0.2, 0.25) is 0 Å². The van der Waals surface area contributed by atoms with Gasteiger partial charge in [0.05, 0.1) is 17.6 Å². The van der Waals surface area contributed by atoms with Gasteiger partial charge in [-0.25, -0.2) is 4.99 Å². The topological polar surface area (TPSA) is 34.0 Å². The molecule has 2 unspecified atom stereocenters. The highest BCUT2D eigenvalue weighted by Gasteiger charge is 2.33. The van der Waals surface area contributed by atoms with Gasteiger partial charge in [-0.3, -0.25) is 4.99 Å². The molecule has 2 aliphatic heterocycles. The molecular weight excluding hydrogens is 488 g/mol. The van der Waals surface area contributed by atoms with Crippen LogP contribution in [0.4, 0.5) is 0 Å². The average Bonchev–Trinajstić information content (AvgIpc) is 3.40. The molecule has 2 aliphatic carbocycles. The molecule has 193 valence electrons. The first-order valence-corrected chi connectivity index (χ1v) is 14.3. The van der Waals surface area contributed by atoms with Gasteiger partial charge < -0.3 is 4.74 Å². The van der Waals surface area contributed by atoms with E-state index in [0.29, 0.717) is 12.5 Å². The highest BCUT2D eigenvalue weighted by atomic mass is 16.5. The van der Waals surface area contributed by atoms with E-state index in [1.54, 1.807) is 0 Å². The van der Waals surface area contributed by atoms with Crippen LogP contribution in [0.25, 0.3) is 17.2 Å². The van der Waals surface area contributed by atoms with Crippen molar-refractivity contribution in [3.05, 3.63) is 151 Å². The number of ether oxygens (including phenoxy) is 1. The number of rotatable bonds is 4. The lowest BCUT2D eigenvalue weighted by Crippen LogP contribution is -2.32. The van der Waals surface area contributed by atoms with Gasteiger partial charge in [-0.1, -0.05) is 85.8 Å². The van der Waals surface area contributed by atoms with E-state index < -0.39 is 0 Å². The third-order valence-electron chi connectivity index (χ3n) is 8.75. The molecule has 3 nitrogen and oxygen atoms in total. The van der Waals surface area contributed by atoms with Crippen molar-refractivity contribution in [3.8, 4) is 0 Å². The minimum atomic E-state index is -0.0767. The average molecular weight is 518 g/mol. The minimum Gasteiger partial charge on any atom is -0.485 e. The molecule has 0 bridgehead atoms. The molecule has 40 heavy (non-hydrogen) atoms. The molecule has 0 spiro atoms. The van der Waals surface area contributed by atoms with Gasteiger partial charge in [0, 0.05) is 16.7 Å². The van der Waals surface area contributed by atoms with Gasteiger partial charge in [-0.15, -0.1) is 0 Å². The molecule has 0 aromatic heterocycles. The van der Waals surface area contributed by atoms with Crippen LogP contribution in [-0.2, 0) is 17.8 Å². The summed E-state index contributed by atoms with van der Waals surface area (Å²) in [5.41, 5.74) is 7.59. The second-order valence-electron chi connectivity index (χ2n) is 11.1. The number of fused-ring (bicyclic) bond motifs is 6. The minimum absolute atomic E-state index is 0.0767. The summed E-state index contributed by atoms with van der Waals surface area (Å²) in [4.78, 5) is 10.3. The fourth-order valence-electron chi connectivity index (χ4n) is 7.00. The Bertz CT molecular complexity index is 2110. The molecule has 1 radical (unpaired) electrons. The van der Waals surface area contributed by atoms with E-state index in [1.165, 1.54) is 37.6 Å². The number of allylic oxidation sites excluding steroid dienone is 1. The van der Waals surface area contributed by atoms with Gasteiger partial charge in [0.1, 0.15) is 12.3 Å². The van der Waals surface area contributed by atoms with Crippen LogP contribution < -0.4 is 21.0 Å². The number of hydrogen-bond acceptors (Lipinski definition) is 3. The Hall–Kier alpha value is -4.50. The number of benzene rings is 4. The molecule has 4 aromatic rings. The molecule has 4 aliphatic rings. The van der Waals surface area contributed by atoms with Crippen molar-refractivity contribution in [2.45, 2.75) is 44.8 Å². The summed E-state index contributed by atoms with van der Waals surface area (Å²) in [6, 6.07) is 33.0. The van der Waals surface area contributed by atoms with Gasteiger partial charge in [-0.2, -0.15) is 0 Å². The van der Waals surface area contributed by atoms with Crippen LogP contribution in [0.1, 0.15) is 42.4 Å². The van der Waals surface area contributed by atoms with E-state index in [1.807, 2.05) is 36.5 Å². The van der Waals surface area contributed by atoms with Crippen LogP contribution in [0.15, 0.2) is 106 Å². The number of nitrogens with zero attached hydrogens (tertiary/aromatic N) is 2. The predicted octanol–water partition coefficient (Wildman–Crippen LogP) is 4.52. The largest absolute Gasteiger partial charge is 0.485 e. The van der Waals surface area contributed by atoms with E-state index in [4.69, 9.17) is 14.7 Å². The Morgan fingerprint density at radius 2 is 1.73 bits per heavy atom. The third-order valence-corrected chi connectivity index (χ3v) is 8.75. The van der Waals surface area contributed by atoms with Crippen molar-refractivity contribution >= 4 is 23.4 Å². The maximum atomic E-state index is 6.33. The normalized spacial score (nSPS) is 20.0. The monoisotopic (exact) mass is 517 g/mol. The standard InChI is InChI=1S/C37H29N2O/c1-23-20-25-12-5-6-13-26(25)29-19-18-27-28(34(23)29)15-9-16-30(27)36-35-31-14-7-8-17-32(31)39-37(35)33(21-38-36)40-22-24-10-3-2-4-11-24/h2-6,8,10-14,17-21,23,36H,9,15-16,22H2,1H3. The fraction of sp³-hybridized carbons (Fsp3) is 0.189. The Balaban J connectivity index is 1.32. The molecule has 0 saturated carbocycles. The molecule has 0 saturated heterocycles. The first-order valence-electron chi connectivity index (χ1n) is 14.3. The number of aliphatic imine (C=N–C) groups is 1. The van der Waals surface area contributed by atoms with Gasteiger partial charge in [-0.05, 0) is 80.6 Å². The zero-order chi connectivity index (χ0) is 26.6. The van der Waals surface area contributed by atoms with E-state index in [0.717, 1.165) is 52.4 Å². The molecule has 3 heteroatoms. The second kappa shape index (κ2) is 9.31. The summed E-state index contributed by atoms with van der Waals surface area (Å²) in [6.07, 6.45) is 7.62. The van der Waals surface area contributed by atoms with Crippen molar-refractivity contribution in [1.82, 2.24) is 0 Å². The fourth-order valence-corrected chi connectivity index (χ4v) is 7.00. The lowest BCUT2D eigenvalue weighted by Gasteiger charge is -2.28. The molecule has 4 aromatic carbocycles. The third kappa shape index (κ3) is 3.65. The number of hydrogen-bond donors (Lipinski definition) is 0. The van der Waals surface area contributed by atoms with Gasteiger partial charge >= 0.3 is 0 Å². The first kappa shape index (κ1) is 23.4. The molecule has 0 fully saturated rings. The van der Waals surface area contributed by atoms with Gasteiger partial charge in [0.15, 0.2) is 5.76 Å². The van der Waals surface area contributed by atoms with Crippen LogP contribution in [0.2, 0.25) is 0 Å². The van der Waals surface area contributed by atoms with Crippen molar-refractivity contribution in [1.29, 1.82) is 0 Å². The molecule has 0 amide bonds. The summed E-state index contributed by atoms with van der Waals surface area (Å²) in [6.45, 7) is 2.83. The smallest absolute Gasteiger partial charge is 0.163 e. The molecule has 2 atom stereocenters. The van der Waals surface area contributed by atoms with Gasteiger partial charge in [0.25, 0.3) is 0 Å².